The Morgan fingerprint density at radius 3 is 1.49 bits per heavy atom. The molecule has 244 valence electrons. The Balaban J connectivity index is 1.04. The van der Waals surface area contributed by atoms with Crippen LogP contribution in [-0.2, 0) is 46.4 Å². The second-order valence-electron chi connectivity index (χ2n) is 9.87. The van der Waals surface area contributed by atoms with E-state index in [4.69, 9.17) is 57.9 Å². The van der Waals surface area contributed by atoms with Crippen LogP contribution < -0.4 is 11.5 Å². The van der Waals surface area contributed by atoms with Crippen LogP contribution in [-0.4, -0.2) is 119 Å². The standard InChI is InChI=1S/C20H26N10O11P2S2/c21-15-9-17(25-3-23-15)29(5-27-9)19-13(33)11(31)7(39-19)1-37-42(35,44)41-43(36,45)38-2-8-12(32)14(34)20(40-8)30-6-28-10-16(22)24-4-26-18(10)30/h3-8,11-14,19-20,31-34H,1-2H2,(H,35,44)(H,36,45)(H2,21,23,25)(H2,22,24,26)/t7-,8-,11-,12-,13-,14-,19-,20-,42?,43?/m1/s1. The first kappa shape index (κ1) is 32.5. The van der Waals surface area contributed by atoms with Crippen LogP contribution in [0.2, 0.25) is 0 Å². The zero-order valence-corrected chi connectivity index (χ0v) is 25.9. The van der Waals surface area contributed by atoms with Gasteiger partial charge in [0.1, 0.15) is 60.3 Å². The number of aliphatic hydroxyl groups is 4. The molecule has 6 rings (SSSR count). The van der Waals surface area contributed by atoms with E-state index in [1.807, 2.05) is 0 Å². The molecule has 0 aromatic carbocycles. The number of nitrogens with two attached hydrogens (primary N) is 2. The predicted molar refractivity (Wildman–Crippen MR) is 157 cm³/mol. The van der Waals surface area contributed by atoms with Crippen LogP contribution in [0.1, 0.15) is 12.5 Å². The fourth-order valence-corrected chi connectivity index (χ4v) is 9.28. The van der Waals surface area contributed by atoms with E-state index >= 15 is 0 Å². The summed E-state index contributed by atoms with van der Waals surface area (Å²) < 4.78 is 29.6. The second-order valence-corrected chi connectivity index (χ2v) is 15.7. The molecule has 6 heterocycles. The Bertz CT molecular complexity index is 1690. The van der Waals surface area contributed by atoms with Gasteiger partial charge < -0.3 is 60.2 Å². The molecule has 0 bridgehead atoms. The van der Waals surface area contributed by atoms with Crippen molar-refractivity contribution in [2.24, 2.45) is 0 Å². The number of aromatic nitrogens is 8. The summed E-state index contributed by atoms with van der Waals surface area (Å²) in [5.41, 5.74) is 12.6. The lowest BCUT2D eigenvalue weighted by Crippen LogP contribution is -2.34. The van der Waals surface area contributed by atoms with Crippen molar-refractivity contribution in [1.29, 1.82) is 0 Å². The minimum Gasteiger partial charge on any atom is -0.387 e. The lowest BCUT2D eigenvalue weighted by atomic mass is 10.1. The van der Waals surface area contributed by atoms with E-state index in [1.165, 1.54) is 34.4 Å². The van der Waals surface area contributed by atoms with Gasteiger partial charge in [-0.15, -0.1) is 0 Å². The van der Waals surface area contributed by atoms with Gasteiger partial charge in [0.2, 0.25) is 0 Å². The van der Waals surface area contributed by atoms with Gasteiger partial charge in [-0.05, 0) is 23.6 Å². The van der Waals surface area contributed by atoms with Crippen LogP contribution in [0, 0.1) is 0 Å². The van der Waals surface area contributed by atoms with Gasteiger partial charge >= 0.3 is 13.4 Å². The molecular formula is C20H26N10O11P2S2. The normalized spacial score (nSPS) is 31.4. The quantitative estimate of drug-likeness (QED) is 0.0793. The summed E-state index contributed by atoms with van der Waals surface area (Å²) in [4.78, 5) is 45.2. The maximum absolute atomic E-state index is 10.6. The Morgan fingerprint density at radius 1 is 0.689 bits per heavy atom. The summed E-state index contributed by atoms with van der Waals surface area (Å²) in [6, 6.07) is 0. The molecule has 25 heteroatoms. The molecule has 4 aromatic rings. The first-order chi connectivity index (χ1) is 21.3. The minimum absolute atomic E-state index is 0.101. The van der Waals surface area contributed by atoms with Crippen molar-refractivity contribution in [1.82, 2.24) is 39.0 Å². The van der Waals surface area contributed by atoms with Crippen molar-refractivity contribution in [3.8, 4) is 0 Å². The van der Waals surface area contributed by atoms with E-state index < -0.39 is 75.7 Å². The van der Waals surface area contributed by atoms with Gasteiger partial charge in [-0.25, -0.2) is 34.2 Å². The van der Waals surface area contributed by atoms with Crippen molar-refractivity contribution in [2.45, 2.75) is 49.1 Å². The molecular weight excluding hydrogens is 682 g/mol. The third-order valence-electron chi connectivity index (χ3n) is 7.01. The molecule has 0 spiro atoms. The number of nitrogens with zero attached hydrogens (tertiary/aromatic N) is 8. The number of imidazole rings is 2. The van der Waals surface area contributed by atoms with Gasteiger partial charge in [-0.1, -0.05) is 0 Å². The zero-order chi connectivity index (χ0) is 32.3. The largest absolute Gasteiger partial charge is 0.387 e. The zero-order valence-electron chi connectivity index (χ0n) is 22.5. The molecule has 0 radical (unpaired) electrons. The highest BCUT2D eigenvalue weighted by atomic mass is 32.5. The van der Waals surface area contributed by atoms with Gasteiger partial charge in [0.25, 0.3) is 0 Å². The van der Waals surface area contributed by atoms with E-state index in [2.05, 4.69) is 29.9 Å². The molecule has 2 unspecified atom stereocenters. The maximum Gasteiger partial charge on any atom is 0.331 e. The number of fused-ring (bicyclic) bond motifs is 2. The topological polar surface area (TPSA) is 307 Å². The number of hydrogen-bond acceptors (Lipinski definition) is 19. The number of ether oxygens (including phenoxy) is 2. The minimum atomic E-state index is -4.33. The number of rotatable bonds is 10. The molecule has 10 N–H and O–H groups in total. The van der Waals surface area contributed by atoms with Gasteiger partial charge in [0.05, 0.1) is 25.9 Å². The summed E-state index contributed by atoms with van der Waals surface area (Å²) >= 11 is 9.89. The fourth-order valence-electron chi connectivity index (χ4n) is 4.82. The van der Waals surface area contributed by atoms with Crippen LogP contribution in [0.3, 0.4) is 0 Å². The Kier molecular flexibility index (Phi) is 8.88. The van der Waals surface area contributed by atoms with Crippen LogP contribution in [0.15, 0.2) is 25.3 Å². The van der Waals surface area contributed by atoms with Gasteiger partial charge in [-0.2, -0.15) is 0 Å². The lowest BCUT2D eigenvalue weighted by Gasteiger charge is -2.24. The van der Waals surface area contributed by atoms with Crippen molar-refractivity contribution < 1.29 is 53.0 Å². The predicted octanol–water partition coefficient (Wildman–Crippen LogP) is -2.45. The van der Waals surface area contributed by atoms with Crippen LogP contribution >= 0.6 is 13.4 Å². The second kappa shape index (κ2) is 12.3. The number of nitrogen functional groups attached to an aromatic ring is 2. The number of aliphatic hydroxyl groups excluding tert-OH is 4. The molecule has 10 atom stereocenters. The maximum atomic E-state index is 10.6. The molecule has 45 heavy (non-hydrogen) atoms. The highest BCUT2D eigenvalue weighted by Crippen LogP contribution is 2.61. The van der Waals surface area contributed by atoms with Gasteiger partial charge in [-0.3, -0.25) is 9.13 Å². The number of anilines is 2. The Morgan fingerprint density at radius 2 is 1.09 bits per heavy atom. The van der Waals surface area contributed by atoms with E-state index in [9.17, 15) is 30.2 Å². The monoisotopic (exact) mass is 708 g/mol. The average Bonchev–Trinajstić information content (AvgIpc) is 3.73. The molecule has 0 amide bonds. The number of hydrogen-bond donors (Lipinski definition) is 8. The Hall–Kier alpha value is -2.44. The first-order valence-electron chi connectivity index (χ1n) is 12.8. The van der Waals surface area contributed by atoms with E-state index in [0.29, 0.717) is 0 Å². The van der Waals surface area contributed by atoms with Crippen molar-refractivity contribution in [3.05, 3.63) is 25.3 Å². The molecule has 2 saturated heterocycles. The van der Waals surface area contributed by atoms with Gasteiger partial charge in [0.15, 0.2) is 35.4 Å². The average molecular weight is 709 g/mol. The molecule has 2 aliphatic heterocycles. The lowest BCUT2D eigenvalue weighted by molar-refractivity contribution is -0.0504. The SMILES string of the molecule is Nc1ncnc2c1ncn2[C@@H]1O[C@H](COP(O)(=S)OP(O)(=S)OC[C@H]2O[C@@H](n3cnc4c(N)ncnc43)[C@H](O)[C@@H]2O)[C@@H](O)[C@H]1O. The third kappa shape index (κ3) is 6.31. The fraction of sp³-hybridized carbons (Fsp3) is 0.500. The third-order valence-corrected chi connectivity index (χ3v) is 11.4. The highest BCUT2D eigenvalue weighted by Gasteiger charge is 2.47. The highest BCUT2D eigenvalue weighted by molar-refractivity contribution is 8.14. The van der Waals surface area contributed by atoms with Gasteiger partial charge in [0, 0.05) is 0 Å². The summed E-state index contributed by atoms with van der Waals surface area (Å²) in [6.07, 6.45) is -5.76. The molecule has 4 aromatic heterocycles. The van der Waals surface area contributed by atoms with Crippen molar-refractivity contribution in [3.63, 3.8) is 0 Å². The van der Waals surface area contributed by atoms with Crippen LogP contribution in [0.4, 0.5) is 11.6 Å². The van der Waals surface area contributed by atoms with Crippen molar-refractivity contribution in [2.75, 3.05) is 24.7 Å². The van der Waals surface area contributed by atoms with Crippen LogP contribution in [0.25, 0.3) is 22.3 Å². The van der Waals surface area contributed by atoms with Crippen LogP contribution in [0.5, 0.6) is 0 Å². The molecule has 0 saturated carbocycles. The smallest absolute Gasteiger partial charge is 0.331 e. The van der Waals surface area contributed by atoms with E-state index in [0.717, 1.165) is 0 Å². The molecule has 2 fully saturated rings. The molecule has 2 aliphatic rings. The molecule has 0 aliphatic carbocycles. The Labute approximate surface area is 261 Å². The summed E-state index contributed by atoms with van der Waals surface area (Å²) in [7, 11) is 0. The van der Waals surface area contributed by atoms with E-state index in [1.54, 1.807) is 0 Å². The summed E-state index contributed by atoms with van der Waals surface area (Å²) in [5, 5.41) is 42.3. The summed E-state index contributed by atoms with van der Waals surface area (Å²) in [6.45, 7) is -9.84. The molecule has 21 nitrogen and oxygen atoms in total. The summed E-state index contributed by atoms with van der Waals surface area (Å²) in [5.74, 6) is 0.202. The van der Waals surface area contributed by atoms with Crippen molar-refractivity contribution >= 4 is 71.0 Å². The van der Waals surface area contributed by atoms with E-state index in [-0.39, 0.29) is 34.0 Å². The first-order valence-corrected chi connectivity index (χ1v) is 18.0.